The van der Waals surface area contributed by atoms with Gasteiger partial charge in [-0.05, 0) is 30.7 Å². The third kappa shape index (κ3) is 3.37. The number of anilines is 1. The Kier molecular flexibility index (Phi) is 4.42. The number of hydrogen-bond acceptors (Lipinski definition) is 3. The first-order valence-corrected chi connectivity index (χ1v) is 6.22. The molecule has 18 heavy (non-hydrogen) atoms. The maximum absolute atomic E-state index is 6.07. The highest BCUT2D eigenvalue weighted by Crippen LogP contribution is 2.21. The van der Waals surface area contributed by atoms with Crippen molar-refractivity contribution in [2.24, 2.45) is 0 Å². The number of aromatic nitrogens is 1. The van der Waals surface area contributed by atoms with Gasteiger partial charge in [0.15, 0.2) is 0 Å². The summed E-state index contributed by atoms with van der Waals surface area (Å²) in [5, 5.41) is 3.99. The Morgan fingerprint density at radius 2 is 2.11 bits per heavy atom. The molecular weight excluding hydrogens is 248 g/mol. The van der Waals surface area contributed by atoms with E-state index in [0.29, 0.717) is 18.2 Å². The van der Waals surface area contributed by atoms with Gasteiger partial charge in [-0.2, -0.15) is 0 Å². The minimum atomic E-state index is 0.642. The van der Waals surface area contributed by atoms with Gasteiger partial charge in [-0.15, -0.1) is 0 Å². The first kappa shape index (κ1) is 12.7. The molecule has 1 aromatic carbocycles. The maximum atomic E-state index is 6.07. The topological polar surface area (TPSA) is 34.1 Å². The Labute approximate surface area is 112 Å². The number of nitrogens with one attached hydrogen (secondary N) is 1. The largest absolute Gasteiger partial charge is 0.492 e. The van der Waals surface area contributed by atoms with Crippen LogP contribution in [0.25, 0.3) is 0 Å². The molecule has 0 saturated carbocycles. The van der Waals surface area contributed by atoms with Gasteiger partial charge in [-0.3, -0.25) is 4.98 Å². The molecule has 2 rings (SSSR count). The number of rotatable bonds is 5. The van der Waals surface area contributed by atoms with E-state index < -0.39 is 0 Å². The summed E-state index contributed by atoms with van der Waals surface area (Å²) in [5.41, 5.74) is 1.97. The predicted octanol–water partition coefficient (Wildman–Crippen LogP) is 3.75. The third-order valence-corrected chi connectivity index (χ3v) is 2.77. The summed E-state index contributed by atoms with van der Waals surface area (Å²) in [5.74, 6) is 0.788. The average molecular weight is 263 g/mol. The van der Waals surface area contributed by atoms with Gasteiger partial charge >= 0.3 is 0 Å². The van der Waals surface area contributed by atoms with Gasteiger partial charge in [0.25, 0.3) is 0 Å². The summed E-state index contributed by atoms with van der Waals surface area (Å²) < 4.78 is 5.41. The second-order valence-corrected chi connectivity index (χ2v) is 4.20. The molecule has 94 valence electrons. The summed E-state index contributed by atoms with van der Waals surface area (Å²) in [4.78, 5) is 4.14. The molecule has 0 bridgehead atoms. The molecule has 0 atom stereocenters. The molecule has 0 aliphatic heterocycles. The Hall–Kier alpha value is -1.74. The fourth-order valence-electron chi connectivity index (χ4n) is 1.61. The highest BCUT2D eigenvalue weighted by atomic mass is 35.5. The van der Waals surface area contributed by atoms with E-state index in [1.54, 1.807) is 6.20 Å². The van der Waals surface area contributed by atoms with Crippen LogP contribution in [0, 0.1) is 0 Å². The van der Waals surface area contributed by atoms with Crippen LogP contribution in [-0.2, 0) is 6.54 Å². The second kappa shape index (κ2) is 6.26. The fraction of sp³-hybridized carbons (Fsp3) is 0.214. The van der Waals surface area contributed by atoms with Crippen molar-refractivity contribution in [1.82, 2.24) is 4.98 Å². The van der Waals surface area contributed by atoms with Crippen LogP contribution in [0.15, 0.2) is 42.7 Å². The van der Waals surface area contributed by atoms with E-state index in [4.69, 9.17) is 16.3 Å². The van der Waals surface area contributed by atoms with Gasteiger partial charge in [0.2, 0.25) is 0 Å². The molecule has 0 aliphatic rings. The van der Waals surface area contributed by atoms with Crippen LogP contribution in [0.2, 0.25) is 5.02 Å². The molecule has 0 amide bonds. The van der Waals surface area contributed by atoms with Crippen molar-refractivity contribution in [2.75, 3.05) is 11.9 Å². The highest BCUT2D eigenvalue weighted by Gasteiger charge is 2.00. The first-order valence-electron chi connectivity index (χ1n) is 5.84. The molecular formula is C14H15ClN2O. The average Bonchev–Trinajstić information content (AvgIpc) is 2.39. The zero-order valence-electron chi connectivity index (χ0n) is 10.2. The summed E-state index contributed by atoms with van der Waals surface area (Å²) in [6.07, 6.45) is 3.52. The standard InChI is InChI=1S/C14H15ClN2O/c1-2-18-12-7-11(8-16-10-12)9-17-14-6-4-3-5-13(14)15/h3-8,10,17H,2,9H2,1H3. The lowest BCUT2D eigenvalue weighted by Crippen LogP contribution is -2.01. The molecule has 0 radical (unpaired) electrons. The highest BCUT2D eigenvalue weighted by molar-refractivity contribution is 6.33. The van der Waals surface area contributed by atoms with Gasteiger partial charge in [-0.25, -0.2) is 0 Å². The van der Waals surface area contributed by atoms with Crippen LogP contribution in [-0.4, -0.2) is 11.6 Å². The van der Waals surface area contributed by atoms with Crippen molar-refractivity contribution in [3.63, 3.8) is 0 Å². The minimum Gasteiger partial charge on any atom is -0.492 e. The van der Waals surface area contributed by atoms with Crippen molar-refractivity contribution in [3.8, 4) is 5.75 Å². The van der Waals surface area contributed by atoms with Crippen LogP contribution in [0.3, 0.4) is 0 Å². The van der Waals surface area contributed by atoms with E-state index in [-0.39, 0.29) is 0 Å². The molecule has 1 aromatic heterocycles. The van der Waals surface area contributed by atoms with Crippen LogP contribution in [0.1, 0.15) is 12.5 Å². The number of pyridine rings is 1. The molecule has 1 N–H and O–H groups in total. The van der Waals surface area contributed by atoms with E-state index in [9.17, 15) is 0 Å². The Bertz CT molecular complexity index is 517. The van der Waals surface area contributed by atoms with E-state index in [0.717, 1.165) is 17.0 Å². The van der Waals surface area contributed by atoms with Gasteiger partial charge in [0, 0.05) is 12.7 Å². The number of para-hydroxylation sites is 1. The van der Waals surface area contributed by atoms with Crippen molar-refractivity contribution in [1.29, 1.82) is 0 Å². The number of benzene rings is 1. The normalized spacial score (nSPS) is 10.1. The van der Waals surface area contributed by atoms with Gasteiger partial charge in [0.1, 0.15) is 5.75 Å². The van der Waals surface area contributed by atoms with Crippen molar-refractivity contribution in [2.45, 2.75) is 13.5 Å². The SMILES string of the molecule is CCOc1cncc(CNc2ccccc2Cl)c1. The van der Waals surface area contributed by atoms with Gasteiger partial charge < -0.3 is 10.1 Å². The lowest BCUT2D eigenvalue weighted by Gasteiger charge is -2.09. The Morgan fingerprint density at radius 3 is 2.89 bits per heavy atom. The van der Waals surface area contributed by atoms with Crippen molar-refractivity contribution in [3.05, 3.63) is 53.3 Å². The van der Waals surface area contributed by atoms with E-state index in [1.807, 2.05) is 43.5 Å². The molecule has 2 aromatic rings. The van der Waals surface area contributed by atoms with Crippen molar-refractivity contribution >= 4 is 17.3 Å². The molecule has 0 fully saturated rings. The fourth-order valence-corrected chi connectivity index (χ4v) is 1.81. The van der Waals surface area contributed by atoms with E-state index >= 15 is 0 Å². The monoisotopic (exact) mass is 262 g/mol. The molecule has 0 spiro atoms. The first-order chi connectivity index (χ1) is 8.79. The second-order valence-electron chi connectivity index (χ2n) is 3.80. The molecule has 0 saturated heterocycles. The summed E-state index contributed by atoms with van der Waals surface area (Å²) in [6.45, 7) is 3.26. The van der Waals surface area contributed by atoms with Gasteiger partial charge in [0.05, 0.1) is 23.5 Å². The lowest BCUT2D eigenvalue weighted by molar-refractivity contribution is 0.338. The molecule has 0 unspecified atom stereocenters. The molecule has 3 nitrogen and oxygen atoms in total. The summed E-state index contributed by atoms with van der Waals surface area (Å²) in [7, 11) is 0. The van der Waals surface area contributed by atoms with E-state index in [1.165, 1.54) is 0 Å². The number of halogens is 1. The summed E-state index contributed by atoms with van der Waals surface area (Å²) >= 11 is 6.07. The van der Waals surface area contributed by atoms with Crippen LogP contribution >= 0.6 is 11.6 Å². The zero-order valence-corrected chi connectivity index (χ0v) is 10.9. The minimum absolute atomic E-state index is 0.642. The quantitative estimate of drug-likeness (QED) is 0.891. The van der Waals surface area contributed by atoms with Crippen LogP contribution < -0.4 is 10.1 Å². The molecule has 0 aliphatic carbocycles. The van der Waals surface area contributed by atoms with Crippen LogP contribution in [0.5, 0.6) is 5.75 Å². The smallest absolute Gasteiger partial charge is 0.137 e. The van der Waals surface area contributed by atoms with Gasteiger partial charge in [-0.1, -0.05) is 23.7 Å². The van der Waals surface area contributed by atoms with Crippen LogP contribution in [0.4, 0.5) is 5.69 Å². The lowest BCUT2D eigenvalue weighted by atomic mass is 10.2. The number of nitrogens with zero attached hydrogens (tertiary/aromatic N) is 1. The van der Waals surface area contributed by atoms with E-state index in [2.05, 4.69) is 10.3 Å². The third-order valence-electron chi connectivity index (χ3n) is 2.44. The summed E-state index contributed by atoms with van der Waals surface area (Å²) in [6, 6.07) is 9.63. The zero-order chi connectivity index (χ0) is 12.8. The number of hydrogen-bond donors (Lipinski definition) is 1. The maximum Gasteiger partial charge on any atom is 0.137 e. The molecule has 1 heterocycles. The Balaban J connectivity index is 2.02. The predicted molar refractivity (Wildman–Crippen MR) is 74.2 cm³/mol. The number of ether oxygens (including phenoxy) is 1. The Morgan fingerprint density at radius 1 is 1.28 bits per heavy atom. The molecule has 4 heteroatoms. The van der Waals surface area contributed by atoms with Crippen molar-refractivity contribution < 1.29 is 4.74 Å².